The third kappa shape index (κ3) is 7.48. The highest BCUT2D eigenvalue weighted by Gasteiger charge is 2.20. The second-order valence-corrected chi connectivity index (χ2v) is 10.3. The van der Waals surface area contributed by atoms with E-state index in [2.05, 4.69) is 15.5 Å². The number of urea groups is 1. The number of nitrogens with one attached hydrogen (secondary N) is 2. The van der Waals surface area contributed by atoms with Crippen molar-refractivity contribution in [1.82, 2.24) is 20.2 Å². The van der Waals surface area contributed by atoms with Crippen molar-refractivity contribution in [2.45, 2.75) is 6.54 Å². The highest BCUT2D eigenvalue weighted by atomic mass is 35.5. The number of carbonyl (C=O) groups is 2. The van der Waals surface area contributed by atoms with Gasteiger partial charge in [0.1, 0.15) is 12.4 Å². The first-order valence-corrected chi connectivity index (χ1v) is 14.1. The minimum Gasteiger partial charge on any atom is -0.493 e. The van der Waals surface area contributed by atoms with E-state index in [4.69, 9.17) is 46.3 Å². The first-order valence-electron chi connectivity index (χ1n) is 13.7. The topological polar surface area (TPSA) is 153 Å². The lowest BCUT2D eigenvalue weighted by molar-refractivity contribution is 0.0321. The average molecular weight is 600 g/mol. The van der Waals surface area contributed by atoms with Crippen molar-refractivity contribution in [3.8, 4) is 11.5 Å². The molecule has 42 heavy (non-hydrogen) atoms. The molecule has 3 aromatic rings. The molecule has 3 heterocycles. The fourth-order valence-corrected chi connectivity index (χ4v) is 4.99. The van der Waals surface area contributed by atoms with Crippen LogP contribution in [-0.4, -0.2) is 99.7 Å². The van der Waals surface area contributed by atoms with E-state index < -0.39 is 11.9 Å². The monoisotopic (exact) mass is 599 g/mol. The maximum Gasteiger partial charge on any atom is 0.320 e. The van der Waals surface area contributed by atoms with Crippen LogP contribution in [0.3, 0.4) is 0 Å². The summed E-state index contributed by atoms with van der Waals surface area (Å²) in [5, 5.41) is 6.57. The van der Waals surface area contributed by atoms with E-state index in [9.17, 15) is 9.59 Å². The number of aromatic nitrogens is 2. The number of primary amides is 1. The summed E-state index contributed by atoms with van der Waals surface area (Å²) in [6, 6.07) is 7.76. The van der Waals surface area contributed by atoms with Crippen molar-refractivity contribution in [1.29, 1.82) is 0 Å². The molecular weight excluding hydrogens is 566 g/mol. The molecule has 0 spiro atoms. The first kappa shape index (κ1) is 29.6. The maximum atomic E-state index is 13.1. The van der Waals surface area contributed by atoms with Gasteiger partial charge in [-0.3, -0.25) is 15.0 Å². The van der Waals surface area contributed by atoms with Crippen molar-refractivity contribution in [2.75, 3.05) is 83.1 Å². The number of methoxy groups -OCH3 is 1. The lowest BCUT2D eigenvalue weighted by atomic mass is 10.1. The number of hydrogen-bond donors (Lipinski definition) is 3. The molecule has 0 bridgehead atoms. The highest BCUT2D eigenvalue weighted by Crippen LogP contribution is 2.35. The Kier molecular flexibility index (Phi) is 9.74. The number of fused-ring (bicyclic) bond motifs is 1. The van der Waals surface area contributed by atoms with E-state index in [0.29, 0.717) is 90.9 Å². The molecule has 13 nitrogen and oxygen atoms in total. The number of amides is 3. The molecular formula is C28H34ClN7O6. The lowest BCUT2D eigenvalue weighted by Gasteiger charge is -2.27. The Morgan fingerprint density at radius 1 is 1.00 bits per heavy atom. The SMILES string of the molecule is COc1cc2nc(N3CCOCC3)nc(NC(=O)NCc3cc(Cl)cc(C(N)=O)c3)c2cc1OCCN1CCOCC1. The lowest BCUT2D eigenvalue weighted by Crippen LogP contribution is -2.38. The van der Waals surface area contributed by atoms with E-state index in [-0.39, 0.29) is 12.1 Å². The summed E-state index contributed by atoms with van der Waals surface area (Å²) in [4.78, 5) is 38.4. The zero-order valence-corrected chi connectivity index (χ0v) is 24.1. The average Bonchev–Trinajstić information content (AvgIpc) is 3.00. The molecule has 2 aliphatic rings. The quantitative estimate of drug-likeness (QED) is 0.316. The number of halogens is 1. The minimum absolute atomic E-state index is 0.107. The highest BCUT2D eigenvalue weighted by molar-refractivity contribution is 6.31. The Bertz CT molecular complexity index is 1430. The third-order valence-corrected chi connectivity index (χ3v) is 7.18. The van der Waals surface area contributed by atoms with E-state index in [0.717, 1.165) is 19.6 Å². The van der Waals surface area contributed by atoms with Gasteiger partial charge in [0, 0.05) is 61.3 Å². The molecule has 2 saturated heterocycles. The van der Waals surface area contributed by atoms with E-state index in [1.165, 1.54) is 6.07 Å². The molecule has 4 N–H and O–H groups in total. The molecule has 0 aliphatic carbocycles. The van der Waals surface area contributed by atoms with Crippen LogP contribution in [0.1, 0.15) is 15.9 Å². The number of hydrogen-bond acceptors (Lipinski definition) is 10. The molecule has 0 unspecified atom stereocenters. The summed E-state index contributed by atoms with van der Waals surface area (Å²) < 4.78 is 22.7. The number of ether oxygens (including phenoxy) is 4. The number of nitrogens with two attached hydrogens (primary N) is 1. The van der Waals surface area contributed by atoms with Crippen LogP contribution >= 0.6 is 11.6 Å². The fraction of sp³-hybridized carbons (Fsp3) is 0.429. The van der Waals surface area contributed by atoms with Gasteiger partial charge in [0.15, 0.2) is 11.5 Å². The number of carbonyl (C=O) groups excluding carboxylic acids is 2. The number of anilines is 2. The summed E-state index contributed by atoms with van der Waals surface area (Å²) in [7, 11) is 1.58. The van der Waals surface area contributed by atoms with Crippen LogP contribution in [0.15, 0.2) is 30.3 Å². The standard InChI is InChI=1S/C28H34ClN7O6/c1-39-23-16-22-21(15-24(23)42-11-4-35-2-7-40-8-3-35)26(33-27(32-22)36-5-9-41-10-6-36)34-28(38)31-17-18-12-19(25(30)37)14-20(29)13-18/h12-16H,2-11,17H2,1H3,(H2,30,37)(H2,31,32,33,34,38). The Morgan fingerprint density at radius 3 is 2.45 bits per heavy atom. The molecule has 1 aromatic heterocycles. The molecule has 5 rings (SSSR count). The van der Waals surface area contributed by atoms with Crippen LogP contribution in [0.2, 0.25) is 5.02 Å². The Morgan fingerprint density at radius 2 is 1.74 bits per heavy atom. The second-order valence-electron chi connectivity index (χ2n) is 9.81. The minimum atomic E-state index is -0.607. The van der Waals surface area contributed by atoms with Gasteiger partial charge in [0.05, 0.1) is 39.1 Å². The number of morpholine rings is 2. The van der Waals surface area contributed by atoms with Crippen LogP contribution in [0.5, 0.6) is 11.5 Å². The molecule has 2 fully saturated rings. The Hall–Kier alpha value is -3.91. The van der Waals surface area contributed by atoms with E-state index >= 15 is 0 Å². The van der Waals surface area contributed by atoms with Crippen molar-refractivity contribution in [2.24, 2.45) is 5.73 Å². The summed E-state index contributed by atoms with van der Waals surface area (Å²) >= 11 is 6.12. The number of benzene rings is 2. The fourth-order valence-electron chi connectivity index (χ4n) is 4.73. The van der Waals surface area contributed by atoms with Gasteiger partial charge >= 0.3 is 6.03 Å². The van der Waals surface area contributed by atoms with Crippen molar-refractivity contribution >= 4 is 46.2 Å². The van der Waals surface area contributed by atoms with E-state index in [1.807, 2.05) is 4.90 Å². The predicted molar refractivity (Wildman–Crippen MR) is 158 cm³/mol. The van der Waals surface area contributed by atoms with Crippen molar-refractivity contribution in [3.05, 3.63) is 46.5 Å². The van der Waals surface area contributed by atoms with Gasteiger partial charge in [-0.25, -0.2) is 9.78 Å². The normalized spacial score (nSPS) is 15.8. The van der Waals surface area contributed by atoms with Gasteiger partial charge in [-0.1, -0.05) is 11.6 Å². The molecule has 0 radical (unpaired) electrons. The second kappa shape index (κ2) is 13.8. The van der Waals surface area contributed by atoms with Gasteiger partial charge in [-0.2, -0.15) is 4.98 Å². The molecule has 2 aromatic carbocycles. The molecule has 3 amide bonds. The van der Waals surface area contributed by atoms with Crippen LogP contribution in [0.4, 0.5) is 16.6 Å². The van der Waals surface area contributed by atoms with Crippen molar-refractivity contribution < 1.29 is 28.5 Å². The van der Waals surface area contributed by atoms with Crippen LogP contribution in [-0.2, 0) is 16.0 Å². The zero-order valence-electron chi connectivity index (χ0n) is 23.4. The zero-order chi connectivity index (χ0) is 29.5. The van der Waals surface area contributed by atoms with Crippen LogP contribution in [0.25, 0.3) is 10.9 Å². The number of rotatable bonds is 10. The van der Waals surface area contributed by atoms with E-state index in [1.54, 1.807) is 31.4 Å². The largest absolute Gasteiger partial charge is 0.493 e. The molecule has 0 atom stereocenters. The van der Waals surface area contributed by atoms with Gasteiger partial charge in [0.25, 0.3) is 0 Å². The molecule has 14 heteroatoms. The van der Waals surface area contributed by atoms with Crippen LogP contribution < -0.4 is 30.7 Å². The number of nitrogens with zero attached hydrogens (tertiary/aromatic N) is 4. The third-order valence-electron chi connectivity index (χ3n) is 6.96. The summed E-state index contributed by atoms with van der Waals surface area (Å²) in [6.45, 7) is 6.78. The summed E-state index contributed by atoms with van der Waals surface area (Å²) in [6.07, 6.45) is 0. The molecule has 0 saturated carbocycles. The molecule has 224 valence electrons. The first-order chi connectivity index (χ1) is 20.4. The Labute approximate surface area is 248 Å². The Balaban J connectivity index is 1.38. The van der Waals surface area contributed by atoms with Gasteiger partial charge < -0.3 is 34.9 Å². The van der Waals surface area contributed by atoms with Crippen molar-refractivity contribution in [3.63, 3.8) is 0 Å². The summed E-state index contributed by atoms with van der Waals surface area (Å²) in [5.41, 5.74) is 6.85. The van der Waals surface area contributed by atoms with Gasteiger partial charge in [-0.15, -0.1) is 0 Å². The van der Waals surface area contributed by atoms with Gasteiger partial charge in [-0.05, 0) is 29.8 Å². The van der Waals surface area contributed by atoms with Gasteiger partial charge in [0.2, 0.25) is 11.9 Å². The predicted octanol–water partition coefficient (Wildman–Crippen LogP) is 2.26. The van der Waals surface area contributed by atoms with Crippen LogP contribution in [0, 0.1) is 0 Å². The smallest absolute Gasteiger partial charge is 0.320 e. The molecule has 2 aliphatic heterocycles. The summed E-state index contributed by atoms with van der Waals surface area (Å²) in [5.74, 6) is 1.21. The maximum absolute atomic E-state index is 13.1.